The summed E-state index contributed by atoms with van der Waals surface area (Å²) in [5.74, 6) is 0. The van der Waals surface area contributed by atoms with Crippen molar-refractivity contribution in [3.63, 3.8) is 0 Å². The Morgan fingerprint density at radius 2 is 2.14 bits per heavy atom. The van der Waals surface area contributed by atoms with Crippen molar-refractivity contribution in [3.05, 3.63) is 35.9 Å². The lowest BCUT2D eigenvalue weighted by Crippen LogP contribution is -2.51. The van der Waals surface area contributed by atoms with Crippen molar-refractivity contribution in [2.45, 2.75) is 38.5 Å². The second-order valence-corrected chi connectivity index (χ2v) is 6.96. The number of hydrogen-bond donors (Lipinski definition) is 2. The summed E-state index contributed by atoms with van der Waals surface area (Å²) in [5.41, 5.74) is 1.52. The number of aliphatic hydroxyl groups excluding tert-OH is 1. The molecule has 0 aromatic heterocycles. The van der Waals surface area contributed by atoms with Gasteiger partial charge >= 0.3 is 0 Å². The van der Waals surface area contributed by atoms with Gasteiger partial charge in [0.25, 0.3) is 0 Å². The van der Waals surface area contributed by atoms with Gasteiger partial charge in [-0.25, -0.2) is 0 Å². The van der Waals surface area contributed by atoms with Gasteiger partial charge in [-0.15, -0.1) is 0 Å². The van der Waals surface area contributed by atoms with E-state index in [0.717, 1.165) is 45.6 Å². The lowest BCUT2D eigenvalue weighted by molar-refractivity contribution is -0.0469. The standard InChI is InChI=1S/C18H28N2O2/c1-15(19-13-18(14-21)7-8-18)17-12-20(9-10-22-17)11-16-5-3-2-4-6-16/h2-6,15,17,19,21H,7-14H2,1H3. The van der Waals surface area contributed by atoms with Gasteiger partial charge in [0.05, 0.1) is 12.7 Å². The van der Waals surface area contributed by atoms with E-state index < -0.39 is 0 Å². The molecule has 2 aliphatic rings. The lowest BCUT2D eigenvalue weighted by atomic mass is 10.1. The third kappa shape index (κ3) is 4.07. The van der Waals surface area contributed by atoms with E-state index in [-0.39, 0.29) is 11.5 Å². The van der Waals surface area contributed by atoms with E-state index in [9.17, 15) is 5.11 Å². The molecule has 1 heterocycles. The number of morpholine rings is 1. The number of nitrogens with zero attached hydrogens (tertiary/aromatic N) is 1. The highest BCUT2D eigenvalue weighted by atomic mass is 16.5. The molecule has 0 amide bonds. The molecule has 4 nitrogen and oxygen atoms in total. The predicted octanol–water partition coefficient (Wildman–Crippen LogP) is 1.64. The molecule has 2 unspecified atom stereocenters. The second kappa shape index (κ2) is 7.09. The molecule has 3 rings (SSSR count). The monoisotopic (exact) mass is 304 g/mol. The smallest absolute Gasteiger partial charge is 0.0852 e. The zero-order valence-electron chi connectivity index (χ0n) is 13.5. The molecule has 4 heteroatoms. The number of hydrogen-bond acceptors (Lipinski definition) is 4. The molecule has 2 fully saturated rings. The second-order valence-electron chi connectivity index (χ2n) is 6.96. The highest BCUT2D eigenvalue weighted by Crippen LogP contribution is 2.44. The summed E-state index contributed by atoms with van der Waals surface area (Å²) < 4.78 is 5.96. The summed E-state index contributed by atoms with van der Waals surface area (Å²) in [7, 11) is 0. The molecule has 1 aliphatic heterocycles. The van der Waals surface area contributed by atoms with Crippen molar-refractivity contribution in [2.75, 3.05) is 32.8 Å². The summed E-state index contributed by atoms with van der Waals surface area (Å²) >= 11 is 0. The van der Waals surface area contributed by atoms with Crippen LogP contribution in [0.15, 0.2) is 30.3 Å². The largest absolute Gasteiger partial charge is 0.396 e. The predicted molar refractivity (Wildman–Crippen MR) is 87.7 cm³/mol. The van der Waals surface area contributed by atoms with Crippen molar-refractivity contribution in [1.29, 1.82) is 0 Å². The van der Waals surface area contributed by atoms with Gasteiger partial charge in [-0.1, -0.05) is 30.3 Å². The molecule has 1 aliphatic carbocycles. The molecule has 1 saturated heterocycles. The Hall–Kier alpha value is -0.940. The molecule has 0 radical (unpaired) electrons. The molecule has 1 aromatic rings. The minimum Gasteiger partial charge on any atom is -0.396 e. The van der Waals surface area contributed by atoms with Crippen LogP contribution in [0.5, 0.6) is 0 Å². The third-order valence-electron chi connectivity index (χ3n) is 5.08. The van der Waals surface area contributed by atoms with E-state index in [2.05, 4.69) is 47.5 Å². The molecule has 122 valence electrons. The fraction of sp³-hybridized carbons (Fsp3) is 0.667. The van der Waals surface area contributed by atoms with E-state index in [1.807, 2.05) is 0 Å². The summed E-state index contributed by atoms with van der Waals surface area (Å²) in [6.45, 7) is 7.17. The van der Waals surface area contributed by atoms with Crippen molar-refractivity contribution < 1.29 is 9.84 Å². The Morgan fingerprint density at radius 1 is 1.36 bits per heavy atom. The van der Waals surface area contributed by atoms with Gasteiger partial charge in [-0.3, -0.25) is 4.90 Å². The molecular weight excluding hydrogens is 276 g/mol. The van der Waals surface area contributed by atoms with Crippen LogP contribution in [0.3, 0.4) is 0 Å². The maximum Gasteiger partial charge on any atom is 0.0852 e. The van der Waals surface area contributed by atoms with Crippen LogP contribution >= 0.6 is 0 Å². The van der Waals surface area contributed by atoms with E-state index in [0.29, 0.717) is 12.6 Å². The highest BCUT2D eigenvalue weighted by molar-refractivity contribution is 5.14. The Kier molecular flexibility index (Phi) is 5.14. The van der Waals surface area contributed by atoms with Crippen molar-refractivity contribution >= 4 is 0 Å². The molecule has 1 saturated carbocycles. The van der Waals surface area contributed by atoms with Crippen molar-refractivity contribution in [1.82, 2.24) is 10.2 Å². The lowest BCUT2D eigenvalue weighted by Gasteiger charge is -2.36. The van der Waals surface area contributed by atoms with E-state index in [1.54, 1.807) is 0 Å². The van der Waals surface area contributed by atoms with Gasteiger partial charge in [0.2, 0.25) is 0 Å². The Morgan fingerprint density at radius 3 is 2.82 bits per heavy atom. The van der Waals surface area contributed by atoms with Crippen LogP contribution in [0, 0.1) is 5.41 Å². The van der Waals surface area contributed by atoms with Crippen LogP contribution < -0.4 is 5.32 Å². The van der Waals surface area contributed by atoms with Crippen molar-refractivity contribution in [2.24, 2.45) is 5.41 Å². The average molecular weight is 304 g/mol. The molecule has 2 N–H and O–H groups in total. The van der Waals surface area contributed by atoms with Crippen LogP contribution in [0.25, 0.3) is 0 Å². The van der Waals surface area contributed by atoms with Gasteiger partial charge in [0, 0.05) is 44.2 Å². The number of benzene rings is 1. The van der Waals surface area contributed by atoms with Crippen LogP contribution in [0.4, 0.5) is 0 Å². The number of aliphatic hydroxyl groups is 1. The van der Waals surface area contributed by atoms with E-state index >= 15 is 0 Å². The Bertz CT molecular complexity index is 461. The number of nitrogens with one attached hydrogen (secondary N) is 1. The minimum atomic E-state index is 0.159. The van der Waals surface area contributed by atoms with Crippen LogP contribution in [-0.2, 0) is 11.3 Å². The maximum absolute atomic E-state index is 9.41. The van der Waals surface area contributed by atoms with Crippen LogP contribution in [0.2, 0.25) is 0 Å². The summed E-state index contributed by atoms with van der Waals surface area (Å²) in [6, 6.07) is 11.0. The van der Waals surface area contributed by atoms with Crippen molar-refractivity contribution in [3.8, 4) is 0 Å². The third-order valence-corrected chi connectivity index (χ3v) is 5.08. The first-order valence-electron chi connectivity index (χ1n) is 8.43. The average Bonchev–Trinajstić information content (AvgIpc) is 3.34. The summed E-state index contributed by atoms with van der Waals surface area (Å²) in [4.78, 5) is 2.47. The summed E-state index contributed by atoms with van der Waals surface area (Å²) in [6.07, 6.45) is 2.52. The topological polar surface area (TPSA) is 44.7 Å². The normalized spacial score (nSPS) is 25.8. The molecule has 0 spiro atoms. The first kappa shape index (κ1) is 15.9. The SMILES string of the molecule is CC(NCC1(CO)CC1)C1CN(Cc2ccccc2)CCO1. The fourth-order valence-electron chi connectivity index (χ4n) is 3.10. The van der Waals surface area contributed by atoms with E-state index in [4.69, 9.17) is 4.74 Å². The van der Waals surface area contributed by atoms with E-state index in [1.165, 1.54) is 5.56 Å². The molecule has 2 atom stereocenters. The quantitative estimate of drug-likeness (QED) is 0.804. The zero-order valence-corrected chi connectivity index (χ0v) is 13.5. The van der Waals surface area contributed by atoms with Gasteiger partial charge in [-0.2, -0.15) is 0 Å². The van der Waals surface area contributed by atoms with Gasteiger partial charge < -0.3 is 15.2 Å². The number of rotatable bonds is 7. The van der Waals surface area contributed by atoms with Crippen LogP contribution in [0.1, 0.15) is 25.3 Å². The minimum absolute atomic E-state index is 0.159. The molecular formula is C18H28N2O2. The molecule has 22 heavy (non-hydrogen) atoms. The molecule has 0 bridgehead atoms. The highest BCUT2D eigenvalue weighted by Gasteiger charge is 2.42. The summed E-state index contributed by atoms with van der Waals surface area (Å²) in [5, 5.41) is 13.0. The Labute approximate surface area is 133 Å². The first-order valence-corrected chi connectivity index (χ1v) is 8.43. The first-order chi connectivity index (χ1) is 10.7. The number of ether oxygens (including phenoxy) is 1. The van der Waals surface area contributed by atoms with Crippen LogP contribution in [-0.4, -0.2) is 55.0 Å². The maximum atomic E-state index is 9.41. The zero-order chi connectivity index (χ0) is 15.4. The molecule has 1 aromatic carbocycles. The van der Waals surface area contributed by atoms with Gasteiger partial charge in [0.15, 0.2) is 0 Å². The Balaban J connectivity index is 1.47. The fourth-order valence-corrected chi connectivity index (χ4v) is 3.10. The van der Waals surface area contributed by atoms with Gasteiger partial charge in [-0.05, 0) is 25.3 Å². The van der Waals surface area contributed by atoms with Gasteiger partial charge in [0.1, 0.15) is 0 Å².